The van der Waals surface area contributed by atoms with Gasteiger partial charge in [-0.2, -0.15) is 0 Å². The van der Waals surface area contributed by atoms with Gasteiger partial charge >= 0.3 is 59.7 Å². The van der Waals surface area contributed by atoms with E-state index >= 15 is 0 Å². The molecule has 0 aromatic carbocycles. The second-order valence-electron chi connectivity index (χ2n) is 37.6. The molecule has 5 unspecified atom stereocenters. The topological polar surface area (TPSA) is 428 Å². The Hall–Kier alpha value is -12.0. The maximum Gasteiger partial charge on any atom is 0.334 e. The molecule has 11 rings (SSSR count). The van der Waals surface area contributed by atoms with E-state index in [0.29, 0.717) is 117 Å². The van der Waals surface area contributed by atoms with Crippen molar-refractivity contribution in [3.8, 4) is 0 Å². The predicted octanol–water partition coefficient (Wildman–Crippen LogP) is 20.4. The van der Waals surface area contributed by atoms with Crippen LogP contribution >= 0.6 is 0 Å². The third kappa shape index (κ3) is 38.6. The summed E-state index contributed by atoms with van der Waals surface area (Å²) in [5.41, 5.74) is -3.68. The number of aliphatic hydroxyl groups is 2. The summed E-state index contributed by atoms with van der Waals surface area (Å²) in [4.78, 5) is 113. The summed E-state index contributed by atoms with van der Waals surface area (Å²) >= 11 is 0. The zero-order chi connectivity index (χ0) is 106. The Morgan fingerprint density at radius 3 is 1.03 bits per heavy atom. The molecule has 2 bridgehead atoms. The lowest BCUT2D eigenvalue weighted by Gasteiger charge is -2.35. The molecule has 6 aromatic rings. The molecular weight excluding hydrogens is 1810 g/mol. The number of ether oxygens (including phenoxy) is 15. The Morgan fingerprint density at radius 2 is 0.700 bits per heavy atom. The van der Waals surface area contributed by atoms with Crippen LogP contribution in [0.2, 0.25) is 0 Å². The third-order valence-electron chi connectivity index (χ3n) is 22.4. The van der Waals surface area contributed by atoms with E-state index in [0.717, 1.165) is 113 Å². The van der Waals surface area contributed by atoms with Gasteiger partial charge in [0.2, 0.25) is 0 Å². The summed E-state index contributed by atoms with van der Waals surface area (Å²) in [6.45, 7) is 63.1. The summed E-state index contributed by atoms with van der Waals surface area (Å²) in [5.74, 6) is 3.30. The molecule has 0 amide bonds. The SMILES string of the molecule is C=C(C)C(=O)OC(C)(C)C1CCC(COC(C)=O)O1.C=C(C)C(=O)OC(C)(C)c1ccc(CO)o1.C=C(C)C(=O)OC(C)(C)c1ccc(COC(C)=O)o1.C=C(C)C(=O)OC(C)(C)c1ccc(COC)o1.C=C(C)C(=O)OC1(c2ccc(COC)o2)CCCC1.C=C(C)C(=O)OC1(c2ccc(COC)o2)CCCCC1.C=CC(=O)OC(C)(C)C1CC2CCC1O2.C=CC(=O)OC(C)(C)c1ccc(CO)o1. The summed E-state index contributed by atoms with van der Waals surface area (Å²) in [7, 11) is 4.84. The van der Waals surface area contributed by atoms with Gasteiger partial charge in [0, 0.05) is 86.7 Å². The Morgan fingerprint density at radius 1 is 0.371 bits per heavy atom. The van der Waals surface area contributed by atoms with Gasteiger partial charge < -0.3 is 108 Å². The van der Waals surface area contributed by atoms with Crippen LogP contribution < -0.4 is 0 Å². The lowest BCUT2D eigenvalue weighted by atomic mass is 9.78. The number of methoxy groups -OCH3 is 3. The Bertz CT molecular complexity index is 5160. The molecule has 6 aromatic heterocycles. The number of hydrogen-bond donors (Lipinski definition) is 2. The van der Waals surface area contributed by atoms with Crippen molar-refractivity contribution in [1.29, 1.82) is 0 Å². The second-order valence-corrected chi connectivity index (χ2v) is 37.6. The highest BCUT2D eigenvalue weighted by atomic mass is 16.6. The molecule has 3 saturated heterocycles. The van der Waals surface area contributed by atoms with Crippen molar-refractivity contribution in [3.05, 3.63) is 240 Å². The lowest BCUT2D eigenvalue weighted by Crippen LogP contribution is -2.41. The average molecular weight is 1960 g/mol. The van der Waals surface area contributed by atoms with Gasteiger partial charge in [-0.1, -0.05) is 59.1 Å². The minimum absolute atomic E-state index is 0.0554. The maximum atomic E-state index is 11.9. The minimum atomic E-state index is -0.912. The van der Waals surface area contributed by atoms with Gasteiger partial charge in [-0.15, -0.1) is 0 Å². The number of rotatable bonds is 36. The van der Waals surface area contributed by atoms with E-state index < -0.39 is 74.7 Å². The van der Waals surface area contributed by atoms with Crippen LogP contribution in [0.1, 0.15) is 297 Å². The van der Waals surface area contributed by atoms with E-state index in [4.69, 9.17) is 108 Å². The predicted molar refractivity (Wildman–Crippen MR) is 515 cm³/mol. The quantitative estimate of drug-likeness (QED) is 0.0209. The number of fused-ring (bicyclic) bond motifs is 2. The van der Waals surface area contributed by atoms with Crippen LogP contribution in [0.4, 0.5) is 0 Å². The molecule has 774 valence electrons. The van der Waals surface area contributed by atoms with E-state index in [-0.39, 0.29) is 74.6 Å². The molecule has 2 saturated carbocycles. The van der Waals surface area contributed by atoms with Gasteiger partial charge in [0.25, 0.3) is 0 Å². The first-order valence-electron chi connectivity index (χ1n) is 46.2. The van der Waals surface area contributed by atoms with E-state index in [9.17, 15) is 47.9 Å². The van der Waals surface area contributed by atoms with Crippen LogP contribution in [-0.4, -0.2) is 133 Å². The van der Waals surface area contributed by atoms with Crippen LogP contribution in [0.25, 0.3) is 0 Å². The second kappa shape index (κ2) is 55.3. The smallest absolute Gasteiger partial charge is 0.334 e. The highest BCUT2D eigenvalue weighted by molar-refractivity contribution is 5.90. The fourth-order valence-electron chi connectivity index (χ4n) is 14.7. The van der Waals surface area contributed by atoms with Gasteiger partial charge in [0.15, 0.2) is 33.6 Å². The molecule has 33 heteroatoms. The first kappa shape index (κ1) is 120. The molecule has 0 spiro atoms. The Labute approximate surface area is 822 Å². The third-order valence-corrected chi connectivity index (χ3v) is 22.4. The van der Waals surface area contributed by atoms with Crippen molar-refractivity contribution in [2.75, 3.05) is 27.9 Å². The first-order valence-corrected chi connectivity index (χ1v) is 46.2. The summed E-state index contributed by atoms with van der Waals surface area (Å²) in [6.07, 6.45) is 16.0. The molecule has 2 N–H and O–H groups in total. The van der Waals surface area contributed by atoms with Crippen molar-refractivity contribution in [1.82, 2.24) is 0 Å². The molecule has 140 heavy (non-hydrogen) atoms. The monoisotopic (exact) mass is 1960 g/mol. The number of hydrogen-bond acceptors (Lipinski definition) is 33. The summed E-state index contributed by atoms with van der Waals surface area (Å²) < 4.78 is 113. The fourth-order valence-corrected chi connectivity index (χ4v) is 14.7. The normalized spacial score (nSPS) is 17.0. The first-order chi connectivity index (χ1) is 65.3. The zero-order valence-electron chi connectivity index (χ0n) is 86.0. The number of aliphatic hydroxyl groups excluding tert-OH is 2. The van der Waals surface area contributed by atoms with Crippen molar-refractivity contribution in [2.45, 2.75) is 337 Å². The van der Waals surface area contributed by atoms with Crippen LogP contribution in [0.3, 0.4) is 0 Å². The van der Waals surface area contributed by atoms with Crippen molar-refractivity contribution in [3.63, 3.8) is 0 Å². The van der Waals surface area contributed by atoms with Gasteiger partial charge in [-0.25, -0.2) is 38.4 Å². The van der Waals surface area contributed by atoms with Gasteiger partial charge in [0.05, 0.1) is 24.4 Å². The van der Waals surface area contributed by atoms with E-state index in [2.05, 4.69) is 52.6 Å². The van der Waals surface area contributed by atoms with Gasteiger partial charge in [-0.3, -0.25) is 9.59 Å². The molecule has 9 heterocycles. The minimum Gasteiger partial charge on any atom is -0.463 e. The fraction of sp³-hybridized carbons (Fsp3) is 0.533. The van der Waals surface area contributed by atoms with E-state index in [1.54, 1.807) is 167 Å². The number of esters is 10. The number of carbonyl (C=O) groups is 10. The van der Waals surface area contributed by atoms with Crippen LogP contribution in [0.5, 0.6) is 0 Å². The van der Waals surface area contributed by atoms with E-state index in [1.807, 2.05) is 52.0 Å². The van der Waals surface area contributed by atoms with Crippen LogP contribution in [-0.2, 0) is 192 Å². The number of furan rings is 6. The summed E-state index contributed by atoms with van der Waals surface area (Å²) in [5, 5.41) is 17.7. The molecule has 5 fully saturated rings. The Balaban J connectivity index is 0.000000335. The number of carbonyl (C=O) groups excluding carboxylic acids is 10. The van der Waals surface area contributed by atoms with Crippen LogP contribution in [0.15, 0.2) is 198 Å². The molecule has 3 aliphatic heterocycles. The highest BCUT2D eigenvalue weighted by Gasteiger charge is 2.50. The van der Waals surface area contributed by atoms with Crippen LogP contribution in [0, 0.1) is 5.92 Å². The molecule has 0 radical (unpaired) electrons. The molecule has 2 aliphatic carbocycles. The van der Waals surface area contributed by atoms with Crippen molar-refractivity contribution in [2.24, 2.45) is 5.92 Å². The van der Waals surface area contributed by atoms with E-state index in [1.165, 1.54) is 19.9 Å². The van der Waals surface area contributed by atoms with Crippen molar-refractivity contribution >= 4 is 59.7 Å². The van der Waals surface area contributed by atoms with Crippen molar-refractivity contribution < 1.29 is 156 Å². The van der Waals surface area contributed by atoms with Gasteiger partial charge in [-0.05, 0) is 281 Å². The summed E-state index contributed by atoms with van der Waals surface area (Å²) in [6, 6.07) is 21.1. The molecule has 5 atom stereocenters. The largest absolute Gasteiger partial charge is 0.463 e. The molecular formula is C107H148O33. The zero-order valence-corrected chi connectivity index (χ0v) is 86.0. The van der Waals surface area contributed by atoms with Gasteiger partial charge in [0.1, 0.15) is 127 Å². The average Bonchev–Trinajstić information content (AvgIpc) is 1.64. The lowest BCUT2D eigenvalue weighted by molar-refractivity contribution is -0.169. The highest BCUT2D eigenvalue weighted by Crippen LogP contribution is 2.47. The molecule has 5 aliphatic rings. The standard InChI is InChI=1S/C16H22O4.C15H20O4.C14H22O5.C14H18O5.C13H18O4.C12H16O4.C12H18O3.C11H14O4/c1-12(2)15(17)20-16(9-5-4-6-10-16)14-8-7-13(19-14)11-18-3;1-11(2)14(16)19-15(8-4-5-9-15)13-7-6-12(18-13)10-17-3;2*1-9(2)13(16)19-14(4,5)12-7-6-11(18-12)8-17-10(3)15;1-9(2)12(14)17-13(3,4)11-7-6-10(16-11)8-15-5;1-8(2)11(14)16-12(3,4)10-6-5-9(7-13)15-10;1-4-11(13)15-12(2,3)9-7-8-5-6-10(9)14-8;1-4-10(13)15-11(2,3)9-6-5-8(7-12)14-9/h7-8H,1,4-6,9-11H2,2-3H3;6-7H,1,4-5,8-10H2,2-3H3;11-12H,1,6-8H2,2-5H3;6-7H,1,8H2,2-5H3;6-7H,1,8H2,2-5H3;5-6,13H,1,7H2,2-4H3;4,8-10H,1,5-7H2,2-3H3;4-6,12H,1,7H2,2-3H3. The maximum absolute atomic E-state index is 11.9. The Kier molecular flexibility index (Phi) is 47.5. The molecule has 33 nitrogen and oxygen atoms in total.